The highest BCUT2D eigenvalue weighted by Crippen LogP contribution is 2.23. The Morgan fingerprint density at radius 3 is 2.61 bits per heavy atom. The van der Waals surface area contributed by atoms with Crippen LogP contribution in [0.5, 0.6) is 0 Å². The number of nitriles is 2. The molecular weight excluding hydrogens is 246 g/mol. The Hall–Kier alpha value is -1.53. The molecule has 1 N–H and O–H groups in total. The van der Waals surface area contributed by atoms with E-state index in [9.17, 15) is 0 Å². The highest BCUT2D eigenvalue weighted by molar-refractivity contribution is 7.99. The maximum Gasteiger partial charge on any atom is 0.208 e. The predicted octanol–water partition coefficient (Wildman–Crippen LogP) is 2.64. The molecule has 5 nitrogen and oxygen atoms in total. The number of hydrogen-bond donors (Lipinski definition) is 1. The average molecular weight is 263 g/mol. The van der Waals surface area contributed by atoms with Crippen molar-refractivity contribution in [3.8, 4) is 12.1 Å². The molecule has 0 aliphatic rings. The minimum Gasteiger partial charge on any atom is -0.262 e. The summed E-state index contributed by atoms with van der Waals surface area (Å²) in [6, 6.07) is 4.26. The van der Waals surface area contributed by atoms with E-state index in [1.165, 1.54) is 11.8 Å². The number of nitrogens with one attached hydrogen (secondary N) is 1. The molecule has 0 saturated carbocycles. The van der Waals surface area contributed by atoms with Crippen molar-refractivity contribution >= 4 is 11.8 Å². The minimum absolute atomic E-state index is 0.0543. The van der Waals surface area contributed by atoms with Gasteiger partial charge in [0.2, 0.25) is 5.16 Å². The Labute approximate surface area is 112 Å². The highest BCUT2D eigenvalue weighted by Gasteiger charge is 2.19. The number of rotatable bonds is 5. The molecule has 0 fully saturated rings. The van der Waals surface area contributed by atoms with Crippen LogP contribution >= 0.6 is 11.8 Å². The van der Waals surface area contributed by atoms with E-state index in [1.54, 1.807) is 0 Å². The lowest BCUT2D eigenvalue weighted by atomic mass is 9.96. The van der Waals surface area contributed by atoms with Crippen molar-refractivity contribution in [1.82, 2.24) is 15.2 Å². The zero-order chi connectivity index (χ0) is 13.6. The summed E-state index contributed by atoms with van der Waals surface area (Å²) in [6.07, 6.45) is 1.02. The summed E-state index contributed by atoms with van der Waals surface area (Å²) in [5, 5.41) is 25.1. The van der Waals surface area contributed by atoms with E-state index >= 15 is 0 Å². The van der Waals surface area contributed by atoms with E-state index in [2.05, 4.69) is 48.1 Å². The first-order chi connectivity index (χ1) is 8.47. The van der Waals surface area contributed by atoms with Gasteiger partial charge in [-0.05, 0) is 6.42 Å². The van der Waals surface area contributed by atoms with Gasteiger partial charge >= 0.3 is 0 Å². The molecule has 1 rings (SSSR count). The smallest absolute Gasteiger partial charge is 0.208 e. The molecule has 1 aromatic rings. The zero-order valence-corrected chi connectivity index (χ0v) is 11.7. The molecule has 0 bridgehead atoms. The maximum absolute atomic E-state index is 8.94. The molecule has 18 heavy (non-hydrogen) atoms. The molecule has 0 amide bonds. The van der Waals surface area contributed by atoms with Crippen LogP contribution in [0.25, 0.3) is 0 Å². The second-order valence-corrected chi connectivity index (χ2v) is 6.04. The van der Waals surface area contributed by atoms with Crippen LogP contribution in [0, 0.1) is 28.6 Å². The second-order valence-electron chi connectivity index (χ2n) is 5.05. The minimum atomic E-state index is -0.119. The first kappa shape index (κ1) is 14.5. The van der Waals surface area contributed by atoms with Gasteiger partial charge in [-0.25, -0.2) is 4.98 Å². The summed E-state index contributed by atoms with van der Waals surface area (Å²) < 4.78 is 0. The topological polar surface area (TPSA) is 89.2 Å². The number of aromatic amines is 1. The van der Waals surface area contributed by atoms with Crippen molar-refractivity contribution in [3.63, 3.8) is 0 Å². The van der Waals surface area contributed by atoms with Crippen molar-refractivity contribution in [2.75, 3.05) is 5.75 Å². The summed E-state index contributed by atoms with van der Waals surface area (Å²) in [6.45, 7) is 6.19. The van der Waals surface area contributed by atoms with Crippen LogP contribution in [0.2, 0.25) is 0 Å². The average Bonchev–Trinajstić information content (AvgIpc) is 2.78. The fourth-order valence-corrected chi connectivity index (χ4v) is 2.10. The lowest BCUT2D eigenvalue weighted by Gasteiger charge is -2.12. The standard InChI is InChI=1S/C12H17N5S/c1-12(2,3)10-15-11(17-16-10)18-8-9(7-14)5-4-6-13/h9H,4-5,8H2,1-3H3,(H,15,16,17). The first-order valence-electron chi connectivity index (χ1n) is 5.79. The molecule has 0 aromatic carbocycles. The maximum atomic E-state index is 8.94. The van der Waals surface area contributed by atoms with Crippen molar-refractivity contribution in [3.05, 3.63) is 5.82 Å². The van der Waals surface area contributed by atoms with Gasteiger partial charge < -0.3 is 0 Å². The Morgan fingerprint density at radius 2 is 2.11 bits per heavy atom. The van der Waals surface area contributed by atoms with Gasteiger partial charge in [0.1, 0.15) is 5.82 Å². The van der Waals surface area contributed by atoms with Gasteiger partial charge in [0, 0.05) is 17.6 Å². The largest absolute Gasteiger partial charge is 0.262 e. The van der Waals surface area contributed by atoms with Crippen molar-refractivity contribution in [2.45, 2.75) is 44.2 Å². The van der Waals surface area contributed by atoms with Crippen molar-refractivity contribution < 1.29 is 0 Å². The molecule has 0 saturated heterocycles. The third kappa shape index (κ3) is 4.38. The predicted molar refractivity (Wildman–Crippen MR) is 69.8 cm³/mol. The summed E-state index contributed by atoms with van der Waals surface area (Å²) in [5.41, 5.74) is -0.0543. The number of nitrogens with zero attached hydrogens (tertiary/aromatic N) is 4. The molecule has 0 aliphatic carbocycles. The van der Waals surface area contributed by atoms with Crippen LogP contribution in [0.1, 0.15) is 39.4 Å². The van der Waals surface area contributed by atoms with E-state index in [1.807, 2.05) is 0 Å². The molecular formula is C12H17N5S. The van der Waals surface area contributed by atoms with Crippen LogP contribution in [-0.2, 0) is 5.41 Å². The Balaban J connectivity index is 2.51. The molecule has 1 heterocycles. The van der Waals surface area contributed by atoms with E-state index in [0.29, 0.717) is 23.8 Å². The monoisotopic (exact) mass is 263 g/mol. The molecule has 0 spiro atoms. The van der Waals surface area contributed by atoms with E-state index in [0.717, 1.165) is 5.82 Å². The molecule has 96 valence electrons. The molecule has 1 atom stereocenters. The molecule has 1 unspecified atom stereocenters. The van der Waals surface area contributed by atoms with Crippen LogP contribution < -0.4 is 0 Å². The summed E-state index contributed by atoms with van der Waals surface area (Å²) in [5.74, 6) is 1.35. The van der Waals surface area contributed by atoms with Crippen LogP contribution in [0.4, 0.5) is 0 Å². The fourth-order valence-electron chi connectivity index (χ4n) is 1.25. The van der Waals surface area contributed by atoms with E-state index in [4.69, 9.17) is 10.5 Å². The Kier molecular flexibility index (Phi) is 5.18. The SMILES string of the molecule is CC(C)(C)c1nc(SCC(C#N)CCC#N)n[nH]1. The Bertz CT molecular complexity index is 460. The van der Waals surface area contributed by atoms with Gasteiger partial charge in [0.25, 0.3) is 0 Å². The van der Waals surface area contributed by atoms with Gasteiger partial charge in [-0.15, -0.1) is 5.10 Å². The first-order valence-corrected chi connectivity index (χ1v) is 6.78. The van der Waals surface area contributed by atoms with Gasteiger partial charge in [-0.3, -0.25) is 5.10 Å². The molecule has 1 aromatic heterocycles. The van der Waals surface area contributed by atoms with Gasteiger partial charge in [-0.1, -0.05) is 32.5 Å². The van der Waals surface area contributed by atoms with E-state index in [-0.39, 0.29) is 11.3 Å². The molecule has 0 radical (unpaired) electrons. The zero-order valence-electron chi connectivity index (χ0n) is 10.9. The quantitative estimate of drug-likeness (QED) is 0.825. The molecule has 0 aliphatic heterocycles. The third-order valence-electron chi connectivity index (χ3n) is 2.38. The summed E-state index contributed by atoms with van der Waals surface area (Å²) >= 11 is 1.46. The number of aromatic nitrogens is 3. The van der Waals surface area contributed by atoms with Crippen molar-refractivity contribution in [2.24, 2.45) is 5.92 Å². The number of thioether (sulfide) groups is 1. The van der Waals surface area contributed by atoms with Crippen LogP contribution in [-0.4, -0.2) is 20.9 Å². The number of H-pyrrole nitrogens is 1. The van der Waals surface area contributed by atoms with Crippen LogP contribution in [0.15, 0.2) is 5.16 Å². The fraction of sp³-hybridized carbons (Fsp3) is 0.667. The molecule has 6 heteroatoms. The van der Waals surface area contributed by atoms with Crippen molar-refractivity contribution in [1.29, 1.82) is 10.5 Å². The van der Waals surface area contributed by atoms with Crippen LogP contribution in [0.3, 0.4) is 0 Å². The number of hydrogen-bond acceptors (Lipinski definition) is 5. The third-order valence-corrected chi connectivity index (χ3v) is 3.39. The lowest BCUT2D eigenvalue weighted by Crippen LogP contribution is -2.13. The van der Waals surface area contributed by atoms with Gasteiger partial charge in [0.05, 0.1) is 18.1 Å². The lowest BCUT2D eigenvalue weighted by molar-refractivity contribution is 0.547. The van der Waals surface area contributed by atoms with Gasteiger partial charge in [0.15, 0.2) is 0 Å². The summed E-state index contributed by atoms with van der Waals surface area (Å²) in [7, 11) is 0. The van der Waals surface area contributed by atoms with Gasteiger partial charge in [-0.2, -0.15) is 10.5 Å². The van der Waals surface area contributed by atoms with E-state index < -0.39 is 0 Å². The summed E-state index contributed by atoms with van der Waals surface area (Å²) in [4.78, 5) is 4.39. The highest BCUT2D eigenvalue weighted by atomic mass is 32.2. The Morgan fingerprint density at radius 1 is 1.39 bits per heavy atom. The normalized spacial score (nSPS) is 12.7. The second kappa shape index (κ2) is 6.42.